The van der Waals surface area contributed by atoms with Gasteiger partial charge in [-0.2, -0.15) is 0 Å². The van der Waals surface area contributed by atoms with E-state index in [1.165, 1.54) is 23.5 Å². The van der Waals surface area contributed by atoms with Gasteiger partial charge in [-0.05, 0) is 59.5 Å². The second-order valence-electron chi connectivity index (χ2n) is 3.53. The number of hydrogen-bond acceptors (Lipinski definition) is 2. The van der Waals surface area contributed by atoms with Crippen LogP contribution in [0.5, 0.6) is 0 Å². The molecule has 1 nitrogen and oxygen atoms in total. The molecular weight excluding hydrogens is 372 g/mol. The molecule has 0 aliphatic heterocycles. The van der Waals surface area contributed by atoms with E-state index in [0.717, 1.165) is 18.3 Å². The van der Waals surface area contributed by atoms with Gasteiger partial charge in [0.1, 0.15) is 5.82 Å². The second-order valence-corrected chi connectivity index (χ2v) is 6.44. The van der Waals surface area contributed by atoms with E-state index in [1.807, 2.05) is 25.2 Å². The van der Waals surface area contributed by atoms with Crippen LogP contribution in [0.15, 0.2) is 30.3 Å². The van der Waals surface area contributed by atoms with Gasteiger partial charge >= 0.3 is 0 Å². The summed E-state index contributed by atoms with van der Waals surface area (Å²) in [6.45, 7) is 0. The molecule has 90 valence electrons. The molecule has 1 atom stereocenters. The Balaban J connectivity index is 2.42. The molecule has 2 aromatic rings. The molecule has 0 amide bonds. The molecule has 1 aromatic carbocycles. The number of hydrogen-bond donors (Lipinski definition) is 1. The summed E-state index contributed by atoms with van der Waals surface area (Å²) in [7, 11) is 1.89. The lowest BCUT2D eigenvalue weighted by Crippen LogP contribution is -2.17. The van der Waals surface area contributed by atoms with Crippen LogP contribution in [-0.4, -0.2) is 7.05 Å². The normalized spacial score (nSPS) is 12.7. The van der Waals surface area contributed by atoms with Crippen molar-refractivity contribution in [1.82, 2.24) is 5.32 Å². The summed E-state index contributed by atoms with van der Waals surface area (Å²) < 4.78 is 14.7. The summed E-state index contributed by atoms with van der Waals surface area (Å²) in [6, 6.07) is 8.76. The highest BCUT2D eigenvalue weighted by Gasteiger charge is 2.17. The lowest BCUT2D eigenvalue weighted by Gasteiger charge is -2.16. The lowest BCUT2D eigenvalue weighted by atomic mass is 10.1. The van der Waals surface area contributed by atoms with E-state index in [-0.39, 0.29) is 11.9 Å². The van der Waals surface area contributed by atoms with Gasteiger partial charge in [0.15, 0.2) is 0 Å². The van der Waals surface area contributed by atoms with Crippen LogP contribution in [0.25, 0.3) is 0 Å². The Morgan fingerprint density at radius 2 is 2.12 bits per heavy atom. The Labute approximate surface area is 122 Å². The van der Waals surface area contributed by atoms with E-state index < -0.39 is 0 Å². The molecule has 1 heterocycles. The molecule has 0 saturated carbocycles. The van der Waals surface area contributed by atoms with E-state index in [0.29, 0.717) is 0 Å². The minimum absolute atomic E-state index is 0.0556. The van der Waals surface area contributed by atoms with Crippen molar-refractivity contribution in [2.45, 2.75) is 6.04 Å². The quantitative estimate of drug-likeness (QED) is 0.774. The fourth-order valence-corrected chi connectivity index (χ4v) is 3.65. The van der Waals surface area contributed by atoms with Gasteiger partial charge in [0, 0.05) is 8.45 Å². The topological polar surface area (TPSA) is 12.0 Å². The van der Waals surface area contributed by atoms with Crippen molar-refractivity contribution in [2.75, 3.05) is 7.05 Å². The van der Waals surface area contributed by atoms with Crippen molar-refractivity contribution in [1.29, 1.82) is 0 Å². The molecule has 1 aromatic heterocycles. The molecule has 0 aliphatic carbocycles. The molecule has 0 aliphatic rings. The van der Waals surface area contributed by atoms with Gasteiger partial charge < -0.3 is 5.32 Å². The first-order valence-electron chi connectivity index (χ1n) is 4.99. The van der Waals surface area contributed by atoms with Gasteiger partial charge in [0.25, 0.3) is 0 Å². The summed E-state index contributed by atoms with van der Waals surface area (Å²) in [6.07, 6.45) is 0. The molecule has 0 radical (unpaired) electrons. The first kappa shape index (κ1) is 13.3. The molecule has 2 rings (SSSR count). The molecule has 17 heavy (non-hydrogen) atoms. The standard InChI is InChI=1S/C12H10ClFINS/c1-16-12(10-4-5-11(13)17-10)8-3-2-7(14)6-9(8)15/h2-6,12,16H,1H3. The Morgan fingerprint density at radius 1 is 1.35 bits per heavy atom. The first-order chi connectivity index (χ1) is 8.11. The summed E-state index contributed by atoms with van der Waals surface area (Å²) in [4.78, 5) is 1.13. The highest BCUT2D eigenvalue weighted by atomic mass is 127. The zero-order valence-corrected chi connectivity index (χ0v) is 12.7. The fourth-order valence-electron chi connectivity index (χ4n) is 1.67. The molecule has 1 N–H and O–H groups in total. The maximum atomic E-state index is 13.1. The van der Waals surface area contributed by atoms with Crippen molar-refractivity contribution in [3.8, 4) is 0 Å². The largest absolute Gasteiger partial charge is 0.309 e. The Kier molecular flexibility index (Phi) is 4.41. The average Bonchev–Trinajstić information content (AvgIpc) is 2.69. The van der Waals surface area contributed by atoms with Crippen LogP contribution in [0, 0.1) is 9.39 Å². The van der Waals surface area contributed by atoms with Crippen LogP contribution in [0.3, 0.4) is 0 Å². The number of rotatable bonds is 3. The predicted octanol–water partition coefficient (Wildman–Crippen LogP) is 4.45. The van der Waals surface area contributed by atoms with Gasteiger partial charge in [-0.3, -0.25) is 0 Å². The number of benzene rings is 1. The first-order valence-corrected chi connectivity index (χ1v) is 7.26. The molecule has 1 unspecified atom stereocenters. The third-order valence-electron chi connectivity index (χ3n) is 2.44. The zero-order valence-electron chi connectivity index (χ0n) is 9.01. The summed E-state index contributed by atoms with van der Waals surface area (Å²) in [5, 5.41) is 3.23. The Morgan fingerprint density at radius 3 is 2.65 bits per heavy atom. The van der Waals surface area contributed by atoms with Crippen molar-refractivity contribution >= 4 is 45.5 Å². The van der Waals surface area contributed by atoms with Crippen molar-refractivity contribution in [3.63, 3.8) is 0 Å². The van der Waals surface area contributed by atoms with E-state index in [4.69, 9.17) is 11.6 Å². The predicted molar refractivity (Wildman–Crippen MR) is 79.3 cm³/mol. The SMILES string of the molecule is CNC(c1ccc(Cl)s1)c1ccc(F)cc1I. The van der Waals surface area contributed by atoms with E-state index in [1.54, 1.807) is 0 Å². The van der Waals surface area contributed by atoms with Gasteiger partial charge in [-0.25, -0.2) is 4.39 Å². The van der Waals surface area contributed by atoms with Gasteiger partial charge in [0.2, 0.25) is 0 Å². The van der Waals surface area contributed by atoms with Crippen LogP contribution in [0.4, 0.5) is 4.39 Å². The van der Waals surface area contributed by atoms with Crippen LogP contribution >= 0.6 is 45.5 Å². The minimum Gasteiger partial charge on any atom is -0.309 e. The van der Waals surface area contributed by atoms with Crippen LogP contribution in [0.2, 0.25) is 4.34 Å². The van der Waals surface area contributed by atoms with E-state index in [2.05, 4.69) is 27.9 Å². The number of thiophene rings is 1. The molecule has 0 bridgehead atoms. The third kappa shape index (κ3) is 2.99. The molecular formula is C12H10ClFINS. The van der Waals surface area contributed by atoms with Crippen molar-refractivity contribution in [2.24, 2.45) is 0 Å². The maximum Gasteiger partial charge on any atom is 0.124 e. The van der Waals surface area contributed by atoms with E-state index in [9.17, 15) is 4.39 Å². The van der Waals surface area contributed by atoms with Gasteiger partial charge in [0.05, 0.1) is 10.4 Å². The zero-order chi connectivity index (χ0) is 12.4. The number of nitrogens with one attached hydrogen (secondary N) is 1. The summed E-state index contributed by atoms with van der Waals surface area (Å²) in [5.41, 5.74) is 1.06. The molecule has 0 fully saturated rings. The third-order valence-corrected chi connectivity index (χ3v) is 4.67. The molecule has 0 spiro atoms. The molecule has 0 saturated heterocycles. The summed E-state index contributed by atoms with van der Waals surface area (Å²) >= 11 is 9.63. The van der Waals surface area contributed by atoms with Crippen LogP contribution in [0.1, 0.15) is 16.5 Å². The second kappa shape index (κ2) is 5.65. The van der Waals surface area contributed by atoms with Gasteiger partial charge in [-0.15, -0.1) is 11.3 Å². The smallest absolute Gasteiger partial charge is 0.124 e. The van der Waals surface area contributed by atoms with Crippen LogP contribution < -0.4 is 5.32 Å². The fraction of sp³-hybridized carbons (Fsp3) is 0.167. The lowest BCUT2D eigenvalue weighted by molar-refractivity contribution is 0.622. The van der Waals surface area contributed by atoms with Crippen molar-refractivity contribution < 1.29 is 4.39 Å². The summed E-state index contributed by atoms with van der Waals surface area (Å²) in [5.74, 6) is -0.211. The average molecular weight is 382 g/mol. The maximum absolute atomic E-state index is 13.1. The molecule has 5 heteroatoms. The van der Waals surface area contributed by atoms with Crippen molar-refractivity contribution in [3.05, 3.63) is 54.5 Å². The Bertz CT molecular complexity index is 529. The highest BCUT2D eigenvalue weighted by Crippen LogP contribution is 2.32. The Hall–Kier alpha value is -0.170. The monoisotopic (exact) mass is 381 g/mol. The van der Waals surface area contributed by atoms with E-state index >= 15 is 0 Å². The minimum atomic E-state index is -0.211. The van der Waals surface area contributed by atoms with Crippen LogP contribution in [-0.2, 0) is 0 Å². The van der Waals surface area contributed by atoms with Gasteiger partial charge in [-0.1, -0.05) is 17.7 Å². The number of halogens is 3. The highest BCUT2D eigenvalue weighted by molar-refractivity contribution is 14.1.